The maximum Gasteiger partial charge on any atom is 0.319 e. The molecule has 44 heavy (non-hydrogen) atoms. The number of methoxy groups -OCH3 is 1. The molecule has 2 aliphatic heterocycles. The van der Waals surface area contributed by atoms with E-state index in [4.69, 9.17) is 19.2 Å². The minimum absolute atomic E-state index is 0.0305. The van der Waals surface area contributed by atoms with Gasteiger partial charge in [-0.25, -0.2) is 13.2 Å². The highest BCUT2D eigenvalue weighted by molar-refractivity contribution is 5.93. The molecule has 4 aliphatic rings. The average Bonchev–Trinajstić information content (AvgIpc) is 3.80. The summed E-state index contributed by atoms with van der Waals surface area (Å²) in [4.78, 5) is 16.2. The maximum atomic E-state index is 16.8. The number of pyridine rings is 1. The van der Waals surface area contributed by atoms with E-state index in [2.05, 4.69) is 20.2 Å². The van der Waals surface area contributed by atoms with E-state index < -0.39 is 12.0 Å². The summed E-state index contributed by atoms with van der Waals surface area (Å²) in [5.41, 5.74) is 1.94. The number of aryl methyl sites for hydroxylation is 1. The summed E-state index contributed by atoms with van der Waals surface area (Å²) in [6.07, 6.45) is 4.02. The number of nitrogens with one attached hydrogen (secondary N) is 1. The zero-order chi connectivity index (χ0) is 30.4. The molecule has 0 spiro atoms. The van der Waals surface area contributed by atoms with Crippen LogP contribution in [0.1, 0.15) is 50.2 Å². The number of allylic oxidation sites excluding steroid dienone is 1. The smallest absolute Gasteiger partial charge is 0.319 e. The Labute approximate surface area is 255 Å². The van der Waals surface area contributed by atoms with E-state index in [-0.39, 0.29) is 53.3 Å². The third-order valence-corrected chi connectivity index (χ3v) is 9.51. The molecule has 11 heteroatoms. The first-order chi connectivity index (χ1) is 21.4. The summed E-state index contributed by atoms with van der Waals surface area (Å²) in [6, 6.07) is 5.73. The number of rotatable bonds is 6. The Balaban J connectivity index is 1.33. The number of halogens is 3. The molecule has 2 aliphatic carbocycles. The van der Waals surface area contributed by atoms with Gasteiger partial charge in [-0.2, -0.15) is 9.97 Å². The van der Waals surface area contributed by atoms with E-state index in [9.17, 15) is 8.78 Å². The van der Waals surface area contributed by atoms with Crippen molar-refractivity contribution >= 4 is 22.5 Å². The molecule has 3 fully saturated rings. The first-order valence-electron chi connectivity index (χ1n) is 15.7. The summed E-state index contributed by atoms with van der Waals surface area (Å²) < 4.78 is 63.8. The Morgan fingerprint density at radius 1 is 1.16 bits per heavy atom. The van der Waals surface area contributed by atoms with E-state index in [0.717, 1.165) is 31.4 Å². The second-order valence-corrected chi connectivity index (χ2v) is 12.4. The molecule has 2 aromatic heterocycles. The van der Waals surface area contributed by atoms with E-state index in [0.29, 0.717) is 67.4 Å². The molecule has 5 unspecified atom stereocenters. The van der Waals surface area contributed by atoms with Crippen LogP contribution < -0.4 is 15.0 Å². The lowest BCUT2D eigenvalue weighted by molar-refractivity contribution is 0.0993. The fraction of sp³-hybridized carbons (Fsp3) is 0.545. The Morgan fingerprint density at radius 2 is 2.05 bits per heavy atom. The number of ether oxygens (including phenoxy) is 3. The molecule has 1 saturated carbocycles. The third-order valence-electron chi connectivity index (χ3n) is 9.51. The highest BCUT2D eigenvalue weighted by Gasteiger charge is 2.45. The predicted octanol–water partition coefficient (Wildman–Crippen LogP) is 5.78. The van der Waals surface area contributed by atoms with Gasteiger partial charge in [-0.15, -0.1) is 0 Å². The van der Waals surface area contributed by atoms with Crippen molar-refractivity contribution in [2.24, 2.45) is 11.8 Å². The molecular weight excluding hydrogens is 571 g/mol. The number of nitrogens with zero attached hydrogens (tertiary/aromatic N) is 4. The van der Waals surface area contributed by atoms with Crippen LogP contribution >= 0.6 is 0 Å². The second kappa shape index (κ2) is 12.2. The lowest BCUT2D eigenvalue weighted by Crippen LogP contribution is -2.35. The molecule has 0 amide bonds. The van der Waals surface area contributed by atoms with Crippen molar-refractivity contribution in [1.82, 2.24) is 20.3 Å². The Bertz CT molecular complexity index is 1590. The molecule has 1 aromatic carbocycles. The van der Waals surface area contributed by atoms with E-state index >= 15 is 4.39 Å². The summed E-state index contributed by atoms with van der Waals surface area (Å²) >= 11 is 0. The van der Waals surface area contributed by atoms with E-state index in [1.165, 1.54) is 7.11 Å². The summed E-state index contributed by atoms with van der Waals surface area (Å²) in [5.74, 6) is 0.00447. The van der Waals surface area contributed by atoms with Crippen LogP contribution in [0.2, 0.25) is 0 Å². The third kappa shape index (κ3) is 5.49. The normalized spacial score (nSPS) is 26.2. The minimum Gasteiger partial charge on any atom is -0.493 e. The molecule has 4 heterocycles. The van der Waals surface area contributed by atoms with Gasteiger partial charge in [0.15, 0.2) is 11.6 Å². The number of fused-ring (bicyclic) bond motifs is 3. The first-order valence-corrected chi connectivity index (χ1v) is 15.7. The van der Waals surface area contributed by atoms with Gasteiger partial charge in [-0.3, -0.25) is 4.98 Å². The van der Waals surface area contributed by atoms with Crippen molar-refractivity contribution in [3.8, 4) is 17.3 Å². The van der Waals surface area contributed by atoms with Crippen LogP contribution in [0.15, 0.2) is 30.2 Å². The Hall–Kier alpha value is -3.44. The van der Waals surface area contributed by atoms with Crippen molar-refractivity contribution in [1.29, 1.82) is 0 Å². The van der Waals surface area contributed by atoms with Crippen molar-refractivity contribution in [2.75, 3.05) is 44.9 Å². The molecule has 234 valence electrons. The van der Waals surface area contributed by atoms with Crippen molar-refractivity contribution < 1.29 is 27.4 Å². The lowest BCUT2D eigenvalue weighted by Gasteiger charge is -2.28. The predicted molar refractivity (Wildman–Crippen MR) is 161 cm³/mol. The van der Waals surface area contributed by atoms with Crippen LogP contribution in [0.5, 0.6) is 6.01 Å². The van der Waals surface area contributed by atoms with E-state index in [1.54, 1.807) is 12.3 Å². The molecule has 5 atom stereocenters. The number of anilines is 1. The topological polar surface area (TPSA) is 81.6 Å². The monoisotopic (exact) mass is 609 g/mol. The number of alkyl halides is 1. The molecule has 0 radical (unpaired) electrons. The van der Waals surface area contributed by atoms with Crippen molar-refractivity contribution in [2.45, 2.75) is 63.8 Å². The van der Waals surface area contributed by atoms with Crippen molar-refractivity contribution in [3.05, 3.63) is 47.2 Å². The van der Waals surface area contributed by atoms with Gasteiger partial charge in [-0.05, 0) is 57.1 Å². The molecule has 7 rings (SSSR count). The highest BCUT2D eigenvalue weighted by atomic mass is 19.1. The van der Waals surface area contributed by atoms with Gasteiger partial charge >= 0.3 is 6.01 Å². The molecule has 3 aromatic rings. The summed E-state index contributed by atoms with van der Waals surface area (Å²) in [6.45, 7) is 4.81. The Morgan fingerprint density at radius 3 is 2.91 bits per heavy atom. The van der Waals surface area contributed by atoms with Gasteiger partial charge in [0.25, 0.3) is 0 Å². The number of benzene rings is 1. The second-order valence-electron chi connectivity index (χ2n) is 12.4. The first kappa shape index (κ1) is 29.3. The lowest BCUT2D eigenvalue weighted by atomic mass is 9.89. The Kier molecular flexibility index (Phi) is 8.09. The van der Waals surface area contributed by atoms with Gasteiger partial charge < -0.3 is 24.4 Å². The van der Waals surface area contributed by atoms with Crippen LogP contribution in [-0.2, 0) is 15.9 Å². The van der Waals surface area contributed by atoms with Crippen molar-refractivity contribution in [3.63, 3.8) is 0 Å². The van der Waals surface area contributed by atoms with E-state index in [1.807, 2.05) is 19.1 Å². The maximum absolute atomic E-state index is 16.8. The molecular formula is C33H38F3N5O3. The molecule has 0 bridgehead atoms. The standard InChI is InChI=1S/C33H38F3N5O3/c1-18(20-6-4-10-37-15-22(34)13-20)44-33-39-30-24(32(40-33)41-11-12-43-17-21-14-26(21)41)16-38-29(28(30)36)23-7-3-5-19-8-9-25(35)31(42-2)27(19)23/h3,5,7,16,18,20-22,26,37H,4,6,8-15,17H2,1-2H3. The SMILES string of the molecule is COC1=C(F)CCc2cccc(-c3ncc4c(N5CCOCC6CC65)nc(OC(C)C5CCCNCC(F)C5)nc4c3F)c21. The largest absolute Gasteiger partial charge is 0.493 e. The number of hydrogen-bond donors (Lipinski definition) is 1. The van der Waals surface area contributed by atoms with Gasteiger partial charge in [0.2, 0.25) is 0 Å². The average molecular weight is 610 g/mol. The molecule has 1 N–H and O–H groups in total. The number of aromatic nitrogens is 3. The van der Waals surface area contributed by atoms with Crippen LogP contribution in [0, 0.1) is 17.7 Å². The van der Waals surface area contributed by atoms with Gasteiger partial charge in [-0.1, -0.05) is 18.2 Å². The van der Waals surface area contributed by atoms with Gasteiger partial charge in [0, 0.05) is 48.8 Å². The zero-order valence-corrected chi connectivity index (χ0v) is 25.1. The highest BCUT2D eigenvalue weighted by Crippen LogP contribution is 2.44. The van der Waals surface area contributed by atoms with Gasteiger partial charge in [0.1, 0.15) is 35.1 Å². The summed E-state index contributed by atoms with van der Waals surface area (Å²) in [5, 5.41) is 3.61. The minimum atomic E-state index is -0.970. The quantitative estimate of drug-likeness (QED) is 0.377. The van der Waals surface area contributed by atoms with Crippen LogP contribution in [0.25, 0.3) is 27.9 Å². The molecule has 8 nitrogen and oxygen atoms in total. The van der Waals surface area contributed by atoms with Gasteiger partial charge in [0.05, 0.1) is 25.7 Å². The van der Waals surface area contributed by atoms with Crippen LogP contribution in [-0.4, -0.2) is 73.2 Å². The van der Waals surface area contributed by atoms with Crippen LogP contribution in [0.4, 0.5) is 19.0 Å². The summed E-state index contributed by atoms with van der Waals surface area (Å²) in [7, 11) is 1.42. The number of hydrogen-bond acceptors (Lipinski definition) is 8. The van der Waals surface area contributed by atoms with Crippen LogP contribution in [0.3, 0.4) is 0 Å². The zero-order valence-electron chi connectivity index (χ0n) is 25.1. The molecule has 2 saturated heterocycles. The fourth-order valence-electron chi connectivity index (χ4n) is 7.05. The fourth-order valence-corrected chi connectivity index (χ4v) is 7.05.